The molecule has 1 aliphatic carbocycles. The Hall–Kier alpha value is -2.38. The minimum atomic E-state index is -3.52. The summed E-state index contributed by atoms with van der Waals surface area (Å²) in [5, 5.41) is 0. The molecule has 2 atom stereocenters. The Bertz CT molecular complexity index is 1020. The van der Waals surface area contributed by atoms with Crippen molar-refractivity contribution in [2.24, 2.45) is 5.92 Å². The van der Waals surface area contributed by atoms with E-state index in [1.165, 1.54) is 10.4 Å². The second-order valence-corrected chi connectivity index (χ2v) is 9.87. The molecule has 2 aromatic rings. The highest BCUT2D eigenvalue weighted by atomic mass is 32.2. The number of amides is 1. The maximum Gasteiger partial charge on any atom is 0.246 e. The van der Waals surface area contributed by atoms with Crippen molar-refractivity contribution in [2.45, 2.75) is 31.1 Å². The Morgan fingerprint density at radius 2 is 1.72 bits per heavy atom. The molecule has 7 heteroatoms. The van der Waals surface area contributed by atoms with E-state index in [0.717, 1.165) is 17.7 Å². The highest BCUT2D eigenvalue weighted by molar-refractivity contribution is 7.89. The largest absolute Gasteiger partial charge is 0.461 e. The van der Waals surface area contributed by atoms with Gasteiger partial charge in [0, 0.05) is 38.2 Å². The van der Waals surface area contributed by atoms with E-state index >= 15 is 0 Å². The van der Waals surface area contributed by atoms with Crippen LogP contribution in [-0.2, 0) is 14.8 Å². The molecule has 2 unspecified atom stereocenters. The molecular weight excluding hydrogens is 388 g/mol. The van der Waals surface area contributed by atoms with Gasteiger partial charge in [0.1, 0.15) is 11.5 Å². The number of rotatable bonds is 5. The van der Waals surface area contributed by atoms with Crippen LogP contribution in [0.4, 0.5) is 0 Å². The molecule has 0 radical (unpaired) electrons. The Labute approximate surface area is 171 Å². The van der Waals surface area contributed by atoms with E-state index in [9.17, 15) is 13.2 Å². The molecule has 2 fully saturated rings. The van der Waals surface area contributed by atoms with Gasteiger partial charge in [-0.05, 0) is 49.6 Å². The fraction of sp³-hybridized carbons (Fsp3) is 0.409. The Kier molecular flexibility index (Phi) is 5.36. The predicted molar refractivity (Wildman–Crippen MR) is 111 cm³/mol. The number of sulfonamides is 1. The molecule has 29 heavy (non-hydrogen) atoms. The lowest BCUT2D eigenvalue weighted by molar-refractivity contribution is -0.127. The average molecular weight is 415 g/mol. The zero-order chi connectivity index (χ0) is 20.6. The first-order valence-corrected chi connectivity index (χ1v) is 11.4. The number of aryl methyl sites for hydroxylation is 1. The van der Waals surface area contributed by atoms with Crippen molar-refractivity contribution in [1.29, 1.82) is 0 Å². The maximum atomic E-state index is 12.8. The van der Waals surface area contributed by atoms with E-state index in [1.54, 1.807) is 35.2 Å². The van der Waals surface area contributed by atoms with E-state index in [0.29, 0.717) is 48.7 Å². The van der Waals surface area contributed by atoms with Crippen LogP contribution in [0.25, 0.3) is 6.08 Å². The maximum absolute atomic E-state index is 12.8. The first-order valence-electron chi connectivity index (χ1n) is 9.98. The van der Waals surface area contributed by atoms with E-state index < -0.39 is 10.0 Å². The third kappa shape index (κ3) is 4.31. The second-order valence-electron chi connectivity index (χ2n) is 7.94. The molecule has 6 nitrogen and oxygen atoms in total. The Morgan fingerprint density at radius 1 is 1.07 bits per heavy atom. The molecule has 0 N–H and O–H groups in total. The fourth-order valence-electron chi connectivity index (χ4n) is 3.64. The number of carbonyl (C=O) groups is 1. The van der Waals surface area contributed by atoms with Crippen LogP contribution in [0.15, 0.2) is 51.8 Å². The molecule has 1 aliphatic heterocycles. The van der Waals surface area contributed by atoms with Gasteiger partial charge in [-0.2, -0.15) is 4.31 Å². The van der Waals surface area contributed by atoms with Gasteiger partial charge in [-0.25, -0.2) is 8.42 Å². The number of piperazine rings is 1. The highest BCUT2D eigenvalue weighted by Crippen LogP contribution is 2.47. The molecule has 0 spiro atoms. The quantitative estimate of drug-likeness (QED) is 0.704. The van der Waals surface area contributed by atoms with E-state index in [-0.39, 0.29) is 5.91 Å². The average Bonchev–Trinajstić information content (AvgIpc) is 3.26. The zero-order valence-corrected chi connectivity index (χ0v) is 17.6. The van der Waals surface area contributed by atoms with Gasteiger partial charge in [-0.3, -0.25) is 4.79 Å². The number of nitrogens with zero attached hydrogens (tertiary/aromatic N) is 2. The normalized spacial score (nSPS) is 22.9. The summed E-state index contributed by atoms with van der Waals surface area (Å²) in [5.41, 5.74) is 1.02. The second kappa shape index (κ2) is 7.80. The number of benzene rings is 1. The van der Waals surface area contributed by atoms with Crippen LogP contribution < -0.4 is 0 Å². The molecule has 1 saturated carbocycles. The van der Waals surface area contributed by atoms with Crippen LogP contribution in [0.3, 0.4) is 0 Å². The summed E-state index contributed by atoms with van der Waals surface area (Å²) in [7, 11) is -3.52. The Morgan fingerprint density at radius 3 is 2.34 bits per heavy atom. The summed E-state index contributed by atoms with van der Waals surface area (Å²) in [4.78, 5) is 14.4. The topological polar surface area (TPSA) is 70.8 Å². The minimum Gasteiger partial charge on any atom is -0.461 e. The van der Waals surface area contributed by atoms with Crippen LogP contribution in [0, 0.1) is 12.8 Å². The van der Waals surface area contributed by atoms with Crippen LogP contribution in [0.2, 0.25) is 0 Å². The predicted octanol–water partition coefficient (Wildman–Crippen LogP) is 3.26. The number of furan rings is 1. The zero-order valence-electron chi connectivity index (χ0n) is 16.7. The number of hydrogen-bond acceptors (Lipinski definition) is 4. The highest BCUT2D eigenvalue weighted by Gasteiger charge is 2.36. The lowest BCUT2D eigenvalue weighted by Gasteiger charge is -2.33. The SMILES string of the molecule is Cc1ccc(S(=O)(=O)N2CCN(C(=O)/C=C/c3ccc(C4CC4C)o3)CC2)cc1. The Balaban J connectivity index is 1.33. The summed E-state index contributed by atoms with van der Waals surface area (Å²) in [6, 6.07) is 10.7. The monoisotopic (exact) mass is 414 g/mol. The van der Waals surface area contributed by atoms with Crippen LogP contribution in [0.5, 0.6) is 0 Å². The molecule has 1 aromatic carbocycles. The van der Waals surface area contributed by atoms with Gasteiger partial charge in [-0.1, -0.05) is 24.6 Å². The third-order valence-electron chi connectivity index (χ3n) is 5.72. The van der Waals surface area contributed by atoms with Gasteiger partial charge in [-0.15, -0.1) is 0 Å². The van der Waals surface area contributed by atoms with Crippen molar-refractivity contribution < 1.29 is 17.6 Å². The van der Waals surface area contributed by atoms with Crippen molar-refractivity contribution in [3.8, 4) is 0 Å². The van der Waals surface area contributed by atoms with Crippen LogP contribution in [0.1, 0.15) is 36.3 Å². The smallest absolute Gasteiger partial charge is 0.246 e. The molecular formula is C22H26N2O4S. The van der Waals surface area contributed by atoms with Crippen molar-refractivity contribution in [3.63, 3.8) is 0 Å². The summed E-state index contributed by atoms with van der Waals surface area (Å²) in [6.45, 7) is 5.45. The molecule has 154 valence electrons. The van der Waals surface area contributed by atoms with E-state index in [1.807, 2.05) is 19.1 Å². The summed E-state index contributed by atoms with van der Waals surface area (Å²) < 4.78 is 32.8. The number of hydrogen-bond donors (Lipinski definition) is 0. The third-order valence-corrected chi connectivity index (χ3v) is 7.63. The summed E-state index contributed by atoms with van der Waals surface area (Å²) in [6.07, 6.45) is 4.35. The van der Waals surface area contributed by atoms with Crippen molar-refractivity contribution in [3.05, 3.63) is 59.6 Å². The summed E-state index contributed by atoms with van der Waals surface area (Å²) in [5.74, 6) is 2.71. The van der Waals surface area contributed by atoms with E-state index in [2.05, 4.69) is 6.92 Å². The number of carbonyl (C=O) groups excluding carboxylic acids is 1. The lowest BCUT2D eigenvalue weighted by atomic mass is 10.2. The molecule has 2 heterocycles. The first kappa shape index (κ1) is 19.9. The molecule has 0 bridgehead atoms. The standard InChI is InChI=1S/C22H26N2O4S/c1-16-3-7-19(8-4-16)29(26,27)24-13-11-23(12-14-24)22(25)10-6-18-5-9-21(28-18)20-15-17(20)2/h3-10,17,20H,11-15H2,1-2H3/b10-6+. The summed E-state index contributed by atoms with van der Waals surface area (Å²) >= 11 is 0. The molecule has 1 saturated heterocycles. The van der Waals surface area contributed by atoms with E-state index in [4.69, 9.17) is 4.42 Å². The van der Waals surface area contributed by atoms with Crippen molar-refractivity contribution >= 4 is 22.0 Å². The lowest BCUT2D eigenvalue weighted by Crippen LogP contribution is -2.50. The molecule has 1 aromatic heterocycles. The van der Waals surface area contributed by atoms with Crippen LogP contribution in [-0.4, -0.2) is 49.7 Å². The van der Waals surface area contributed by atoms with Crippen molar-refractivity contribution in [1.82, 2.24) is 9.21 Å². The first-order chi connectivity index (χ1) is 13.8. The van der Waals surface area contributed by atoms with Gasteiger partial charge in [0.05, 0.1) is 4.90 Å². The molecule has 2 aliphatic rings. The molecule has 1 amide bonds. The van der Waals surface area contributed by atoms with Crippen molar-refractivity contribution in [2.75, 3.05) is 26.2 Å². The van der Waals surface area contributed by atoms with Gasteiger partial charge in [0.25, 0.3) is 0 Å². The van der Waals surface area contributed by atoms with Gasteiger partial charge >= 0.3 is 0 Å². The van der Waals surface area contributed by atoms with Gasteiger partial charge in [0.2, 0.25) is 15.9 Å². The van der Waals surface area contributed by atoms with Gasteiger partial charge < -0.3 is 9.32 Å². The minimum absolute atomic E-state index is 0.130. The van der Waals surface area contributed by atoms with Crippen LogP contribution >= 0.6 is 0 Å². The molecule has 4 rings (SSSR count). The fourth-order valence-corrected chi connectivity index (χ4v) is 5.06. The van der Waals surface area contributed by atoms with Gasteiger partial charge in [0.15, 0.2) is 0 Å².